The van der Waals surface area contributed by atoms with E-state index in [4.69, 9.17) is 9.26 Å². The predicted octanol–water partition coefficient (Wildman–Crippen LogP) is 5.59. The average Bonchev–Trinajstić information content (AvgIpc) is 3.38. The van der Waals surface area contributed by atoms with Crippen LogP contribution in [-0.2, 0) is 13.0 Å². The Bertz CT molecular complexity index is 1210. The fourth-order valence-electron chi connectivity index (χ4n) is 3.32. The van der Waals surface area contributed by atoms with Crippen LogP contribution in [0.4, 0.5) is 5.13 Å². The van der Waals surface area contributed by atoms with Crippen LogP contribution in [-0.4, -0.2) is 21.0 Å². The highest BCUT2D eigenvalue weighted by Crippen LogP contribution is 2.31. The van der Waals surface area contributed by atoms with Crippen molar-refractivity contribution < 1.29 is 14.1 Å². The number of aryl methyl sites for hydroxylation is 3. The maximum absolute atomic E-state index is 12.9. The van der Waals surface area contributed by atoms with Gasteiger partial charge in [0.05, 0.1) is 11.3 Å². The Kier molecular flexibility index (Phi) is 6.61. The highest BCUT2D eigenvalue weighted by Gasteiger charge is 2.17. The number of carbonyl (C=O) groups is 1. The molecule has 32 heavy (non-hydrogen) atoms. The number of nitrogens with zero attached hydrogens (tertiary/aromatic N) is 3. The van der Waals surface area contributed by atoms with Crippen LogP contribution in [0, 0.1) is 13.8 Å². The van der Waals surface area contributed by atoms with Crippen molar-refractivity contribution in [1.82, 2.24) is 15.1 Å². The van der Waals surface area contributed by atoms with Crippen LogP contribution >= 0.6 is 11.3 Å². The lowest BCUT2D eigenvalue weighted by atomic mass is 10.1. The van der Waals surface area contributed by atoms with Crippen LogP contribution in [0.1, 0.15) is 45.9 Å². The number of hydrogen-bond acceptors (Lipinski definition) is 7. The Morgan fingerprint density at radius 2 is 1.88 bits per heavy atom. The van der Waals surface area contributed by atoms with E-state index in [0.29, 0.717) is 28.2 Å². The number of benzene rings is 2. The number of carbonyl (C=O) groups excluding carboxylic acids is 1. The van der Waals surface area contributed by atoms with Crippen molar-refractivity contribution in [3.05, 3.63) is 76.3 Å². The first kappa shape index (κ1) is 21.7. The molecule has 0 radical (unpaired) electrons. The van der Waals surface area contributed by atoms with Crippen LogP contribution in [0.5, 0.6) is 5.75 Å². The number of anilines is 1. The highest BCUT2D eigenvalue weighted by atomic mass is 32.1. The maximum atomic E-state index is 12.9. The fourth-order valence-corrected chi connectivity index (χ4v) is 4.15. The molecule has 164 valence electrons. The van der Waals surface area contributed by atoms with Crippen molar-refractivity contribution in [1.29, 1.82) is 0 Å². The lowest BCUT2D eigenvalue weighted by Crippen LogP contribution is -2.13. The van der Waals surface area contributed by atoms with Crippen LogP contribution in [0.2, 0.25) is 0 Å². The summed E-state index contributed by atoms with van der Waals surface area (Å²) < 4.78 is 10.7. The number of rotatable bonds is 8. The molecule has 0 fully saturated rings. The zero-order chi connectivity index (χ0) is 22.5. The van der Waals surface area contributed by atoms with Gasteiger partial charge in [0.25, 0.3) is 5.91 Å². The van der Waals surface area contributed by atoms with Gasteiger partial charge in [0.15, 0.2) is 11.7 Å². The summed E-state index contributed by atoms with van der Waals surface area (Å²) in [6, 6.07) is 15.5. The molecule has 0 atom stereocenters. The van der Waals surface area contributed by atoms with E-state index in [1.807, 2.05) is 6.92 Å². The molecule has 8 heteroatoms. The van der Waals surface area contributed by atoms with Gasteiger partial charge in [0.2, 0.25) is 11.7 Å². The Morgan fingerprint density at radius 3 is 2.59 bits per heavy atom. The summed E-state index contributed by atoms with van der Waals surface area (Å²) >= 11 is 1.45. The van der Waals surface area contributed by atoms with Gasteiger partial charge >= 0.3 is 0 Å². The monoisotopic (exact) mass is 448 g/mol. The predicted molar refractivity (Wildman–Crippen MR) is 124 cm³/mol. The number of aromatic nitrogens is 3. The Balaban J connectivity index is 1.48. The minimum atomic E-state index is -0.288. The first-order valence-corrected chi connectivity index (χ1v) is 11.2. The molecule has 0 bridgehead atoms. The summed E-state index contributed by atoms with van der Waals surface area (Å²) in [6.45, 7) is 5.99. The molecule has 4 rings (SSSR count). The smallest absolute Gasteiger partial charge is 0.261 e. The van der Waals surface area contributed by atoms with Crippen LogP contribution in [0.15, 0.2) is 53.1 Å². The first-order valence-electron chi connectivity index (χ1n) is 10.4. The topological polar surface area (TPSA) is 90.1 Å². The Morgan fingerprint density at radius 1 is 1.09 bits per heavy atom. The van der Waals surface area contributed by atoms with Gasteiger partial charge < -0.3 is 9.26 Å². The lowest BCUT2D eigenvalue weighted by Gasteiger charge is -2.09. The second-order valence-electron chi connectivity index (χ2n) is 7.34. The van der Waals surface area contributed by atoms with E-state index in [-0.39, 0.29) is 12.5 Å². The molecule has 7 nitrogen and oxygen atoms in total. The van der Waals surface area contributed by atoms with Gasteiger partial charge in [0.1, 0.15) is 5.75 Å². The van der Waals surface area contributed by atoms with Gasteiger partial charge in [-0.25, -0.2) is 4.98 Å². The van der Waals surface area contributed by atoms with E-state index >= 15 is 0 Å². The molecule has 0 aliphatic heterocycles. The van der Waals surface area contributed by atoms with E-state index < -0.39 is 0 Å². The summed E-state index contributed by atoms with van der Waals surface area (Å²) in [5.74, 6) is 1.03. The minimum Gasteiger partial charge on any atom is -0.485 e. The molecule has 2 aromatic heterocycles. The quantitative estimate of drug-likeness (QED) is 0.378. The van der Waals surface area contributed by atoms with Crippen LogP contribution < -0.4 is 10.1 Å². The summed E-state index contributed by atoms with van der Waals surface area (Å²) in [6.07, 6.45) is 2.18. The molecule has 4 aromatic rings. The molecule has 0 saturated heterocycles. The van der Waals surface area contributed by atoms with Crippen molar-refractivity contribution in [2.45, 2.75) is 40.2 Å². The van der Waals surface area contributed by atoms with E-state index in [1.54, 1.807) is 31.2 Å². The Labute approximate surface area is 190 Å². The van der Waals surface area contributed by atoms with Crippen molar-refractivity contribution in [3.63, 3.8) is 0 Å². The van der Waals surface area contributed by atoms with E-state index in [1.165, 1.54) is 16.9 Å². The largest absolute Gasteiger partial charge is 0.485 e. The molecular formula is C24H24N4O3S. The second kappa shape index (κ2) is 9.74. The number of ether oxygens (including phenoxy) is 1. The molecule has 0 aliphatic rings. The van der Waals surface area contributed by atoms with Crippen LogP contribution in [0.25, 0.3) is 11.3 Å². The third-order valence-electron chi connectivity index (χ3n) is 4.84. The minimum absolute atomic E-state index is 0.107. The SMILES string of the molecule is CCCc1ccc(-c2nc(NC(=O)c3ccccc3OCc3noc(C)n3)sc2C)cc1. The van der Waals surface area contributed by atoms with Crippen molar-refractivity contribution >= 4 is 22.4 Å². The Hall–Kier alpha value is -3.52. The third-order valence-corrected chi connectivity index (χ3v) is 5.73. The van der Waals surface area contributed by atoms with E-state index in [0.717, 1.165) is 29.0 Å². The first-order chi connectivity index (χ1) is 15.5. The third kappa shape index (κ3) is 5.03. The lowest BCUT2D eigenvalue weighted by molar-refractivity contribution is 0.102. The van der Waals surface area contributed by atoms with Gasteiger partial charge in [0, 0.05) is 17.4 Å². The highest BCUT2D eigenvalue weighted by molar-refractivity contribution is 7.16. The molecule has 1 amide bonds. The van der Waals surface area contributed by atoms with Gasteiger partial charge in [-0.15, -0.1) is 11.3 Å². The van der Waals surface area contributed by atoms with Gasteiger partial charge in [-0.05, 0) is 31.0 Å². The van der Waals surface area contributed by atoms with Crippen molar-refractivity contribution in [3.8, 4) is 17.0 Å². The second-order valence-corrected chi connectivity index (χ2v) is 8.54. The normalized spacial score (nSPS) is 10.8. The van der Waals surface area contributed by atoms with E-state index in [2.05, 4.69) is 51.6 Å². The zero-order valence-corrected chi connectivity index (χ0v) is 19.0. The standard InChI is InChI=1S/C24H24N4O3S/c1-4-7-17-10-12-18(13-11-17)22-15(2)32-24(26-22)27-23(29)19-8-5-6-9-20(19)30-14-21-25-16(3)31-28-21/h5-6,8-13H,4,7,14H2,1-3H3,(H,26,27,29). The fraction of sp³-hybridized carbons (Fsp3) is 0.250. The van der Waals surface area contributed by atoms with Crippen molar-refractivity contribution in [2.75, 3.05) is 5.32 Å². The summed E-state index contributed by atoms with van der Waals surface area (Å²) in [7, 11) is 0. The molecule has 0 unspecified atom stereocenters. The molecule has 0 spiro atoms. The number of para-hydroxylation sites is 1. The van der Waals surface area contributed by atoms with Crippen molar-refractivity contribution in [2.24, 2.45) is 0 Å². The summed E-state index contributed by atoms with van der Waals surface area (Å²) in [4.78, 5) is 22.8. The number of amides is 1. The zero-order valence-electron chi connectivity index (χ0n) is 18.2. The average molecular weight is 449 g/mol. The summed E-state index contributed by atoms with van der Waals surface area (Å²) in [5.41, 5.74) is 3.64. The summed E-state index contributed by atoms with van der Waals surface area (Å²) in [5, 5.41) is 7.26. The number of hydrogen-bond donors (Lipinski definition) is 1. The molecule has 0 saturated carbocycles. The number of nitrogens with one attached hydrogen (secondary N) is 1. The van der Waals surface area contributed by atoms with Gasteiger partial charge in [-0.3, -0.25) is 10.1 Å². The van der Waals surface area contributed by atoms with Crippen LogP contribution in [0.3, 0.4) is 0 Å². The molecular weight excluding hydrogens is 424 g/mol. The number of thiazole rings is 1. The van der Waals surface area contributed by atoms with E-state index in [9.17, 15) is 4.79 Å². The molecule has 1 N–H and O–H groups in total. The molecule has 2 aromatic carbocycles. The van der Waals surface area contributed by atoms with Gasteiger partial charge in [-0.2, -0.15) is 4.98 Å². The molecule has 0 aliphatic carbocycles. The van der Waals surface area contributed by atoms with Gasteiger partial charge in [-0.1, -0.05) is 54.9 Å². The molecule has 2 heterocycles. The maximum Gasteiger partial charge on any atom is 0.261 e.